The molecule has 0 aliphatic carbocycles. The van der Waals surface area contributed by atoms with Gasteiger partial charge in [0.05, 0.1) is 34.9 Å². The number of rotatable bonds is 5. The van der Waals surface area contributed by atoms with Crippen molar-refractivity contribution in [3.8, 4) is 23.0 Å². The summed E-state index contributed by atoms with van der Waals surface area (Å²) in [6, 6.07) is 8.14. The molecule has 0 saturated carbocycles. The highest BCUT2D eigenvalue weighted by Crippen LogP contribution is 2.30. The highest BCUT2D eigenvalue weighted by Gasteiger charge is 2.18. The molecule has 0 aromatic carbocycles. The van der Waals surface area contributed by atoms with Gasteiger partial charge in [-0.15, -0.1) is 0 Å². The number of methoxy groups -OCH3 is 1. The predicted octanol–water partition coefficient (Wildman–Crippen LogP) is 4.33. The van der Waals surface area contributed by atoms with Crippen LogP contribution in [-0.4, -0.2) is 31.6 Å². The van der Waals surface area contributed by atoms with Crippen LogP contribution in [-0.2, 0) is 6.42 Å². The number of thiazole rings is 1. The van der Waals surface area contributed by atoms with Crippen LogP contribution >= 0.6 is 11.3 Å². The minimum absolute atomic E-state index is 0.398. The fourth-order valence-corrected chi connectivity index (χ4v) is 4.48. The summed E-state index contributed by atoms with van der Waals surface area (Å²) in [4.78, 5) is 16.2. The van der Waals surface area contributed by atoms with E-state index in [-0.39, 0.29) is 0 Å². The topological polar surface area (TPSA) is 116 Å². The van der Waals surface area contributed by atoms with Crippen molar-refractivity contribution in [1.82, 2.24) is 24.5 Å². The lowest BCUT2D eigenvalue weighted by molar-refractivity contribution is 0.398. The van der Waals surface area contributed by atoms with Gasteiger partial charge in [0.1, 0.15) is 23.0 Å². The second kappa shape index (κ2) is 8.05. The number of aromatic amines is 1. The highest BCUT2D eigenvalue weighted by molar-refractivity contribution is 7.14. The molecule has 8 nitrogen and oxygen atoms in total. The molecular weight excluding hydrogens is 410 g/mol. The zero-order valence-electron chi connectivity index (χ0n) is 17.5. The van der Waals surface area contributed by atoms with Gasteiger partial charge in [0.2, 0.25) is 5.88 Å². The number of pyridine rings is 1. The van der Waals surface area contributed by atoms with E-state index in [0.29, 0.717) is 28.5 Å². The maximum absolute atomic E-state index is 9.79. The Labute approximate surface area is 183 Å². The molecule has 0 aliphatic rings. The van der Waals surface area contributed by atoms with Gasteiger partial charge in [-0.1, -0.05) is 18.3 Å². The fourth-order valence-electron chi connectivity index (χ4n) is 3.42. The molecule has 1 N–H and O–H groups in total. The van der Waals surface area contributed by atoms with Crippen LogP contribution in [0.3, 0.4) is 0 Å². The Morgan fingerprint density at radius 1 is 1.29 bits per heavy atom. The number of aryl methyl sites for hydroxylation is 2. The Bertz CT molecular complexity index is 1410. The molecule has 4 aromatic heterocycles. The van der Waals surface area contributed by atoms with Gasteiger partial charge in [0, 0.05) is 17.5 Å². The highest BCUT2D eigenvalue weighted by atomic mass is 32.1. The Balaban J connectivity index is 1.80. The molecule has 0 radical (unpaired) electrons. The van der Waals surface area contributed by atoms with Crippen molar-refractivity contribution < 1.29 is 4.74 Å². The smallest absolute Gasteiger partial charge is 0.215 e. The molecule has 31 heavy (non-hydrogen) atoms. The Hall–Kier alpha value is -3.95. The molecule has 9 heteroatoms. The van der Waals surface area contributed by atoms with E-state index in [1.807, 2.05) is 31.4 Å². The summed E-state index contributed by atoms with van der Waals surface area (Å²) in [5.74, 6) is 0.919. The van der Waals surface area contributed by atoms with Crippen LogP contribution in [0.4, 0.5) is 0 Å². The Kier molecular flexibility index (Phi) is 5.28. The number of nitrogens with zero attached hydrogens (tertiary/aromatic N) is 6. The molecule has 0 amide bonds. The van der Waals surface area contributed by atoms with Crippen molar-refractivity contribution in [2.24, 2.45) is 0 Å². The minimum atomic E-state index is 0.398. The van der Waals surface area contributed by atoms with Gasteiger partial charge in [0.15, 0.2) is 5.69 Å². The van der Waals surface area contributed by atoms with Crippen molar-refractivity contribution >= 4 is 34.0 Å². The standard InChI is InChI=1S/C22H19N7OS/c1-5-20-26-17(10-24)22(31-20)29-12(2)6-14(13(29)3)7-15(9-23)21-27-16-8-19(30-4)25-11-18(16)28-21/h6-8,11H,5H2,1-4H3,(H,27,28)/b15-7+. The Morgan fingerprint density at radius 2 is 2.10 bits per heavy atom. The zero-order valence-corrected chi connectivity index (χ0v) is 18.3. The number of nitrogens with one attached hydrogen (secondary N) is 1. The maximum Gasteiger partial charge on any atom is 0.215 e. The number of aromatic nitrogens is 5. The van der Waals surface area contributed by atoms with Crippen LogP contribution in [0.1, 0.15) is 40.4 Å². The molecule has 0 bridgehead atoms. The Morgan fingerprint density at radius 3 is 2.77 bits per heavy atom. The molecule has 0 aliphatic heterocycles. The van der Waals surface area contributed by atoms with Gasteiger partial charge in [-0.05, 0) is 38.0 Å². The number of imidazole rings is 1. The van der Waals surface area contributed by atoms with Gasteiger partial charge >= 0.3 is 0 Å². The number of nitriles is 2. The molecule has 0 saturated heterocycles. The molecule has 0 unspecified atom stereocenters. The molecule has 0 atom stereocenters. The molecule has 4 aromatic rings. The van der Waals surface area contributed by atoms with E-state index in [1.165, 1.54) is 11.3 Å². The van der Waals surface area contributed by atoms with Gasteiger partial charge in [-0.2, -0.15) is 10.5 Å². The summed E-state index contributed by atoms with van der Waals surface area (Å²) in [5, 5.41) is 21.0. The monoisotopic (exact) mass is 429 g/mol. The first-order valence-electron chi connectivity index (χ1n) is 9.60. The summed E-state index contributed by atoms with van der Waals surface area (Å²) in [5.41, 5.74) is 4.96. The molecule has 4 rings (SSSR count). The van der Waals surface area contributed by atoms with Gasteiger partial charge in [-0.3, -0.25) is 0 Å². The summed E-state index contributed by atoms with van der Waals surface area (Å²) < 4.78 is 7.16. The fraction of sp³-hybridized carbons (Fsp3) is 0.227. The number of hydrogen-bond acceptors (Lipinski definition) is 7. The van der Waals surface area contributed by atoms with E-state index >= 15 is 0 Å². The van der Waals surface area contributed by atoms with Crippen molar-refractivity contribution in [1.29, 1.82) is 10.5 Å². The first kappa shape index (κ1) is 20.3. The van der Waals surface area contributed by atoms with E-state index in [9.17, 15) is 10.5 Å². The molecule has 0 fully saturated rings. The molecule has 154 valence electrons. The number of ether oxygens (including phenoxy) is 1. The first-order chi connectivity index (χ1) is 15.0. The SMILES string of the molecule is CCc1nc(C#N)c(-n2c(C)cc(/C=C(\C#N)c3nc4cc(OC)ncc4[nH]3)c2C)s1. The lowest BCUT2D eigenvalue weighted by Gasteiger charge is -2.06. The third-order valence-electron chi connectivity index (χ3n) is 4.96. The number of allylic oxidation sites excluding steroid dienone is 1. The van der Waals surface area contributed by atoms with Crippen molar-refractivity contribution in [2.45, 2.75) is 27.2 Å². The largest absolute Gasteiger partial charge is 0.481 e. The van der Waals surface area contributed by atoms with Crippen LogP contribution < -0.4 is 4.74 Å². The van der Waals surface area contributed by atoms with E-state index in [2.05, 4.69) is 32.1 Å². The third-order valence-corrected chi connectivity index (χ3v) is 6.15. The number of hydrogen-bond donors (Lipinski definition) is 1. The second-order valence-electron chi connectivity index (χ2n) is 6.89. The molecule has 0 spiro atoms. The van der Waals surface area contributed by atoms with Gasteiger partial charge in [0.25, 0.3) is 0 Å². The van der Waals surface area contributed by atoms with Crippen LogP contribution in [0.2, 0.25) is 0 Å². The zero-order chi connectivity index (χ0) is 22.1. The van der Waals surface area contributed by atoms with Crippen LogP contribution in [0, 0.1) is 36.5 Å². The minimum Gasteiger partial charge on any atom is -0.481 e. The average molecular weight is 430 g/mol. The van der Waals surface area contributed by atoms with E-state index in [0.717, 1.165) is 38.9 Å². The van der Waals surface area contributed by atoms with E-state index in [4.69, 9.17) is 4.74 Å². The van der Waals surface area contributed by atoms with E-state index < -0.39 is 0 Å². The maximum atomic E-state index is 9.79. The second-order valence-corrected chi connectivity index (χ2v) is 7.95. The lowest BCUT2D eigenvalue weighted by Crippen LogP contribution is -1.99. The summed E-state index contributed by atoms with van der Waals surface area (Å²) in [7, 11) is 1.54. The van der Waals surface area contributed by atoms with Crippen molar-refractivity contribution in [3.05, 3.63) is 51.8 Å². The van der Waals surface area contributed by atoms with E-state index in [1.54, 1.807) is 25.4 Å². The first-order valence-corrected chi connectivity index (χ1v) is 10.4. The van der Waals surface area contributed by atoms with Crippen LogP contribution in [0.25, 0.3) is 27.7 Å². The predicted molar refractivity (Wildman–Crippen MR) is 119 cm³/mol. The number of H-pyrrole nitrogens is 1. The summed E-state index contributed by atoms with van der Waals surface area (Å²) in [6.45, 7) is 5.96. The summed E-state index contributed by atoms with van der Waals surface area (Å²) in [6.07, 6.45) is 4.20. The average Bonchev–Trinajstić information content (AvgIpc) is 3.46. The van der Waals surface area contributed by atoms with Gasteiger partial charge < -0.3 is 14.3 Å². The lowest BCUT2D eigenvalue weighted by atomic mass is 10.1. The summed E-state index contributed by atoms with van der Waals surface area (Å²) >= 11 is 1.51. The quantitative estimate of drug-likeness (QED) is 0.472. The molecule has 4 heterocycles. The normalized spacial score (nSPS) is 11.5. The van der Waals surface area contributed by atoms with Crippen LogP contribution in [0.15, 0.2) is 18.3 Å². The number of fused-ring (bicyclic) bond motifs is 1. The third kappa shape index (κ3) is 3.56. The van der Waals surface area contributed by atoms with Crippen LogP contribution in [0.5, 0.6) is 5.88 Å². The molecular formula is C22H19N7OS. The van der Waals surface area contributed by atoms with Crippen molar-refractivity contribution in [3.63, 3.8) is 0 Å². The van der Waals surface area contributed by atoms with Crippen molar-refractivity contribution in [2.75, 3.05) is 7.11 Å². The van der Waals surface area contributed by atoms with Gasteiger partial charge in [-0.25, -0.2) is 15.0 Å².